The van der Waals surface area contributed by atoms with Crippen molar-refractivity contribution in [2.24, 2.45) is 4.99 Å². The van der Waals surface area contributed by atoms with Crippen LogP contribution in [0.1, 0.15) is 38.6 Å². The molecule has 2 rings (SSSR count). The van der Waals surface area contributed by atoms with Crippen LogP contribution in [0.15, 0.2) is 35.6 Å². The molecule has 0 amide bonds. The van der Waals surface area contributed by atoms with Gasteiger partial charge >= 0.3 is 6.61 Å². The van der Waals surface area contributed by atoms with E-state index in [1.54, 1.807) is 30.6 Å². The van der Waals surface area contributed by atoms with Crippen molar-refractivity contribution in [1.29, 1.82) is 0 Å². The summed E-state index contributed by atoms with van der Waals surface area (Å²) in [5, 5.41) is 11.5. The number of aromatic nitrogens is 3. The Morgan fingerprint density at radius 2 is 1.97 bits per heavy atom. The highest BCUT2D eigenvalue weighted by Crippen LogP contribution is 2.16. The summed E-state index contributed by atoms with van der Waals surface area (Å²) in [7, 11) is 1.95. The third-order valence-corrected chi connectivity index (χ3v) is 4.53. The number of aryl methyl sites for hydroxylation is 1. The van der Waals surface area contributed by atoms with Crippen LogP contribution in [0.3, 0.4) is 0 Å². The standard InChI is InChI=1S/C20H30F2N6O.HI/c1-5-15(3)25-20(23-11-12-28-14-24-26-18(28)6-2)27(4)13-16-7-9-17(10-8-16)29-19(21)22;/h7-10,14-15,19H,5-6,11-13H2,1-4H3,(H,23,25);1H. The van der Waals surface area contributed by atoms with Crippen LogP contribution in [0.4, 0.5) is 8.78 Å². The van der Waals surface area contributed by atoms with Crippen molar-refractivity contribution in [3.8, 4) is 5.75 Å². The van der Waals surface area contributed by atoms with E-state index >= 15 is 0 Å². The zero-order valence-corrected chi connectivity index (χ0v) is 20.2. The topological polar surface area (TPSA) is 67.6 Å². The van der Waals surface area contributed by atoms with E-state index in [4.69, 9.17) is 4.99 Å². The Balaban J connectivity index is 0.00000450. The number of nitrogens with zero attached hydrogens (tertiary/aromatic N) is 5. The zero-order valence-electron chi connectivity index (χ0n) is 17.9. The molecule has 0 aliphatic carbocycles. The Hall–Kier alpha value is -1.98. The maximum absolute atomic E-state index is 12.3. The van der Waals surface area contributed by atoms with Gasteiger partial charge in [0.05, 0.1) is 6.54 Å². The monoisotopic (exact) mass is 536 g/mol. The van der Waals surface area contributed by atoms with E-state index in [-0.39, 0.29) is 35.8 Å². The number of halogens is 3. The molecule has 1 unspecified atom stereocenters. The highest BCUT2D eigenvalue weighted by atomic mass is 127. The Bertz CT molecular complexity index is 769. The number of hydrogen-bond donors (Lipinski definition) is 1. The molecule has 0 saturated heterocycles. The summed E-state index contributed by atoms with van der Waals surface area (Å²) >= 11 is 0. The van der Waals surface area contributed by atoms with Gasteiger partial charge in [0.25, 0.3) is 0 Å². The summed E-state index contributed by atoms with van der Waals surface area (Å²) in [6.07, 6.45) is 3.52. The molecule has 0 radical (unpaired) electrons. The summed E-state index contributed by atoms with van der Waals surface area (Å²) in [5.41, 5.74) is 0.972. The average molecular weight is 536 g/mol. The zero-order chi connectivity index (χ0) is 21.2. The predicted octanol–water partition coefficient (Wildman–Crippen LogP) is 3.94. The molecule has 30 heavy (non-hydrogen) atoms. The van der Waals surface area contributed by atoms with Crippen molar-refractivity contribution >= 4 is 29.9 Å². The predicted molar refractivity (Wildman–Crippen MR) is 125 cm³/mol. The largest absolute Gasteiger partial charge is 0.435 e. The van der Waals surface area contributed by atoms with Gasteiger partial charge in [-0.2, -0.15) is 8.78 Å². The van der Waals surface area contributed by atoms with E-state index in [9.17, 15) is 8.78 Å². The summed E-state index contributed by atoms with van der Waals surface area (Å²) in [6.45, 7) is 5.33. The number of ether oxygens (including phenoxy) is 1. The molecule has 1 atom stereocenters. The van der Waals surface area contributed by atoms with E-state index in [1.165, 1.54) is 0 Å². The fourth-order valence-electron chi connectivity index (χ4n) is 2.73. The number of hydrogen-bond acceptors (Lipinski definition) is 4. The van der Waals surface area contributed by atoms with Crippen molar-refractivity contribution in [2.75, 3.05) is 13.6 Å². The molecule has 0 aliphatic rings. The molecule has 0 aliphatic heterocycles. The average Bonchev–Trinajstić information content (AvgIpc) is 3.15. The van der Waals surface area contributed by atoms with E-state index in [1.807, 2.05) is 23.4 Å². The smallest absolute Gasteiger partial charge is 0.387 e. The highest BCUT2D eigenvalue weighted by Gasteiger charge is 2.11. The summed E-state index contributed by atoms with van der Waals surface area (Å²) in [6, 6.07) is 6.93. The van der Waals surface area contributed by atoms with E-state index in [0.717, 1.165) is 30.2 Å². The number of alkyl halides is 2. The fraction of sp³-hybridized carbons (Fsp3) is 0.550. The number of benzene rings is 1. The maximum atomic E-state index is 12.3. The van der Waals surface area contributed by atoms with Crippen LogP contribution in [0, 0.1) is 0 Å². The van der Waals surface area contributed by atoms with Crippen molar-refractivity contribution in [3.05, 3.63) is 42.0 Å². The van der Waals surface area contributed by atoms with Gasteiger partial charge in [-0.3, -0.25) is 4.99 Å². The number of nitrogens with one attached hydrogen (secondary N) is 1. The van der Waals surface area contributed by atoms with Crippen molar-refractivity contribution in [3.63, 3.8) is 0 Å². The molecular formula is C20H31F2IN6O. The van der Waals surface area contributed by atoms with Gasteiger partial charge in [0.1, 0.15) is 17.9 Å². The van der Waals surface area contributed by atoms with Crippen molar-refractivity contribution < 1.29 is 13.5 Å². The minimum atomic E-state index is -2.82. The van der Waals surface area contributed by atoms with Crippen LogP contribution in [-0.2, 0) is 19.5 Å². The molecule has 168 valence electrons. The third-order valence-electron chi connectivity index (χ3n) is 4.53. The first-order chi connectivity index (χ1) is 13.9. The Kier molecular flexibility index (Phi) is 11.6. The summed E-state index contributed by atoms with van der Waals surface area (Å²) in [4.78, 5) is 6.76. The second-order valence-corrected chi connectivity index (χ2v) is 6.83. The van der Waals surface area contributed by atoms with Gasteiger partial charge in [0, 0.05) is 32.6 Å². The van der Waals surface area contributed by atoms with E-state index in [0.29, 0.717) is 19.6 Å². The van der Waals surface area contributed by atoms with Crippen molar-refractivity contribution in [2.45, 2.75) is 59.4 Å². The van der Waals surface area contributed by atoms with Crippen LogP contribution in [0.5, 0.6) is 5.75 Å². The Labute approximate surface area is 193 Å². The van der Waals surface area contributed by atoms with Crippen LogP contribution in [-0.4, -0.2) is 51.9 Å². The first-order valence-corrected chi connectivity index (χ1v) is 9.85. The molecule has 2 aromatic rings. The molecule has 0 saturated carbocycles. The van der Waals surface area contributed by atoms with Gasteiger partial charge in [-0.1, -0.05) is 26.0 Å². The Morgan fingerprint density at radius 1 is 1.27 bits per heavy atom. The molecule has 1 aromatic heterocycles. The molecule has 0 bridgehead atoms. The van der Waals surface area contributed by atoms with Gasteiger partial charge in [0.2, 0.25) is 0 Å². The summed E-state index contributed by atoms with van der Waals surface area (Å²) in [5.74, 6) is 1.88. The first kappa shape index (κ1) is 26.1. The molecule has 7 nitrogen and oxygen atoms in total. The summed E-state index contributed by atoms with van der Waals surface area (Å²) < 4.78 is 31.0. The minimum Gasteiger partial charge on any atom is -0.435 e. The van der Waals surface area contributed by atoms with Gasteiger partial charge in [-0.05, 0) is 31.0 Å². The molecular weight excluding hydrogens is 505 g/mol. The second kappa shape index (κ2) is 13.3. The number of guanidine groups is 1. The van der Waals surface area contributed by atoms with Crippen LogP contribution >= 0.6 is 24.0 Å². The third kappa shape index (κ3) is 8.41. The van der Waals surface area contributed by atoms with E-state index in [2.05, 4.69) is 34.1 Å². The molecule has 1 heterocycles. The lowest BCUT2D eigenvalue weighted by Gasteiger charge is -2.25. The van der Waals surface area contributed by atoms with Crippen LogP contribution < -0.4 is 10.1 Å². The number of rotatable bonds is 10. The van der Waals surface area contributed by atoms with Crippen LogP contribution in [0.2, 0.25) is 0 Å². The Morgan fingerprint density at radius 3 is 2.57 bits per heavy atom. The molecule has 0 spiro atoms. The fourth-order valence-corrected chi connectivity index (χ4v) is 2.73. The highest BCUT2D eigenvalue weighted by molar-refractivity contribution is 14.0. The maximum Gasteiger partial charge on any atom is 0.387 e. The molecule has 10 heteroatoms. The number of aliphatic imine (C=N–C) groups is 1. The van der Waals surface area contributed by atoms with Gasteiger partial charge in [-0.15, -0.1) is 34.2 Å². The second-order valence-electron chi connectivity index (χ2n) is 6.83. The van der Waals surface area contributed by atoms with E-state index < -0.39 is 6.61 Å². The van der Waals surface area contributed by atoms with Gasteiger partial charge < -0.3 is 19.5 Å². The quantitative estimate of drug-likeness (QED) is 0.283. The minimum absolute atomic E-state index is 0. The first-order valence-electron chi connectivity index (χ1n) is 9.85. The normalized spacial score (nSPS) is 12.4. The van der Waals surface area contributed by atoms with Crippen LogP contribution in [0.25, 0.3) is 0 Å². The van der Waals surface area contributed by atoms with Gasteiger partial charge in [-0.25, -0.2) is 0 Å². The van der Waals surface area contributed by atoms with Gasteiger partial charge in [0.15, 0.2) is 5.96 Å². The molecule has 0 fully saturated rings. The lowest BCUT2D eigenvalue weighted by molar-refractivity contribution is -0.0498. The lowest BCUT2D eigenvalue weighted by atomic mass is 10.2. The SMILES string of the molecule is CCc1nncn1CCN=C(NC(C)CC)N(C)Cc1ccc(OC(F)F)cc1.I. The molecule has 1 aromatic carbocycles. The lowest BCUT2D eigenvalue weighted by Crippen LogP contribution is -2.43. The van der Waals surface area contributed by atoms with Crippen molar-refractivity contribution in [1.82, 2.24) is 25.0 Å². The molecule has 1 N–H and O–H groups in total.